The molecule has 0 spiro atoms. The molecule has 0 saturated carbocycles. The molecule has 0 aliphatic heterocycles. The van der Waals surface area contributed by atoms with E-state index in [0.29, 0.717) is 16.8 Å². The number of nitrogens with two attached hydrogens (primary N) is 1. The summed E-state index contributed by atoms with van der Waals surface area (Å²) in [5.74, 6) is 1.27. The van der Waals surface area contributed by atoms with Gasteiger partial charge in [0.05, 0.1) is 0 Å². The lowest BCUT2D eigenvalue weighted by atomic mass is 10.3. The lowest BCUT2D eigenvalue weighted by Gasteiger charge is -1.97. The summed E-state index contributed by atoms with van der Waals surface area (Å²) in [7, 11) is 0. The van der Waals surface area contributed by atoms with Gasteiger partial charge in [-0.15, -0.1) is 5.10 Å². The van der Waals surface area contributed by atoms with Crippen molar-refractivity contribution in [2.24, 2.45) is 0 Å². The lowest BCUT2D eigenvalue weighted by molar-refractivity contribution is 0.851. The highest BCUT2D eigenvalue weighted by molar-refractivity contribution is 7.98. The number of nitrogens with zero attached hydrogens (tertiary/aromatic N) is 6. The summed E-state index contributed by atoms with van der Waals surface area (Å²) in [5, 5.41) is 4.85. The van der Waals surface area contributed by atoms with Gasteiger partial charge in [0.15, 0.2) is 11.0 Å². The van der Waals surface area contributed by atoms with Crippen molar-refractivity contribution < 1.29 is 0 Å². The van der Waals surface area contributed by atoms with E-state index in [0.717, 1.165) is 5.56 Å². The third-order valence-electron chi connectivity index (χ3n) is 2.33. The molecule has 0 aromatic carbocycles. The largest absolute Gasteiger partial charge is 0.368 e. The Hall–Kier alpha value is -2.22. The van der Waals surface area contributed by atoms with Crippen LogP contribution in [-0.4, -0.2) is 35.8 Å². The molecular formula is C10H9N7S. The van der Waals surface area contributed by atoms with Crippen LogP contribution in [0.2, 0.25) is 0 Å². The number of thioether (sulfide) groups is 1. The van der Waals surface area contributed by atoms with Crippen LogP contribution in [0.3, 0.4) is 0 Å². The molecular weight excluding hydrogens is 250 g/mol. The van der Waals surface area contributed by atoms with E-state index in [4.69, 9.17) is 5.73 Å². The summed E-state index contributed by atoms with van der Waals surface area (Å²) >= 11 is 1.41. The van der Waals surface area contributed by atoms with Gasteiger partial charge in [-0.3, -0.25) is 4.98 Å². The van der Waals surface area contributed by atoms with E-state index in [1.807, 2.05) is 18.4 Å². The molecule has 3 rings (SSSR count). The van der Waals surface area contributed by atoms with Crippen molar-refractivity contribution in [2.45, 2.75) is 5.16 Å². The highest BCUT2D eigenvalue weighted by Gasteiger charge is 2.11. The number of fused-ring (bicyclic) bond motifs is 1. The molecule has 90 valence electrons. The zero-order chi connectivity index (χ0) is 12.5. The van der Waals surface area contributed by atoms with Gasteiger partial charge in [-0.05, 0) is 18.4 Å². The average molecular weight is 259 g/mol. The minimum absolute atomic E-state index is 0.275. The van der Waals surface area contributed by atoms with E-state index >= 15 is 0 Å². The molecule has 18 heavy (non-hydrogen) atoms. The van der Waals surface area contributed by atoms with Crippen LogP contribution in [0.15, 0.2) is 29.7 Å². The fourth-order valence-corrected chi connectivity index (χ4v) is 1.86. The third kappa shape index (κ3) is 1.76. The van der Waals surface area contributed by atoms with Crippen molar-refractivity contribution in [1.82, 2.24) is 29.5 Å². The average Bonchev–Trinajstić information content (AvgIpc) is 2.84. The minimum Gasteiger partial charge on any atom is -0.368 e. The summed E-state index contributed by atoms with van der Waals surface area (Å²) in [4.78, 5) is 16.6. The molecule has 2 N–H and O–H groups in total. The number of aromatic nitrogens is 6. The van der Waals surface area contributed by atoms with Crippen molar-refractivity contribution in [3.05, 3.63) is 24.5 Å². The summed E-state index contributed by atoms with van der Waals surface area (Å²) < 4.78 is 1.43. The first kappa shape index (κ1) is 10.9. The molecule has 0 aliphatic rings. The number of hydrogen-bond acceptors (Lipinski definition) is 7. The Morgan fingerprint density at radius 2 is 1.94 bits per heavy atom. The predicted molar refractivity (Wildman–Crippen MR) is 68.0 cm³/mol. The number of nitrogen functional groups attached to an aromatic ring is 1. The molecule has 0 aliphatic carbocycles. The van der Waals surface area contributed by atoms with Gasteiger partial charge in [0.2, 0.25) is 5.95 Å². The van der Waals surface area contributed by atoms with E-state index in [9.17, 15) is 0 Å². The first-order valence-corrected chi connectivity index (χ1v) is 6.35. The Morgan fingerprint density at radius 3 is 2.67 bits per heavy atom. The number of rotatable bonds is 2. The molecule has 0 saturated heterocycles. The monoisotopic (exact) mass is 259 g/mol. The molecule has 0 bridgehead atoms. The first-order valence-electron chi connectivity index (χ1n) is 5.12. The van der Waals surface area contributed by atoms with Crippen molar-refractivity contribution >= 4 is 23.5 Å². The maximum absolute atomic E-state index is 5.81. The summed E-state index contributed by atoms with van der Waals surface area (Å²) in [6.45, 7) is 0. The van der Waals surface area contributed by atoms with Gasteiger partial charge in [-0.1, -0.05) is 11.8 Å². The fraction of sp³-hybridized carbons (Fsp3) is 0.100. The third-order valence-corrected chi connectivity index (χ3v) is 2.88. The second kappa shape index (κ2) is 4.22. The van der Waals surface area contributed by atoms with Crippen molar-refractivity contribution in [3.63, 3.8) is 0 Å². The summed E-state index contributed by atoms with van der Waals surface area (Å²) in [6.07, 6.45) is 5.25. The van der Waals surface area contributed by atoms with E-state index in [-0.39, 0.29) is 5.95 Å². The molecule has 0 amide bonds. The second-order valence-electron chi connectivity index (χ2n) is 3.45. The van der Waals surface area contributed by atoms with Crippen molar-refractivity contribution in [2.75, 3.05) is 12.0 Å². The highest BCUT2D eigenvalue weighted by atomic mass is 32.2. The van der Waals surface area contributed by atoms with Crippen molar-refractivity contribution in [3.8, 4) is 11.4 Å². The number of hydrogen-bond donors (Lipinski definition) is 1. The van der Waals surface area contributed by atoms with Gasteiger partial charge in [0.25, 0.3) is 5.78 Å². The first-order chi connectivity index (χ1) is 8.78. The molecule has 7 nitrogen and oxygen atoms in total. The Morgan fingerprint density at radius 1 is 1.17 bits per heavy atom. The highest BCUT2D eigenvalue weighted by Crippen LogP contribution is 2.17. The van der Waals surface area contributed by atoms with Crippen LogP contribution in [0.25, 0.3) is 17.2 Å². The van der Waals surface area contributed by atoms with Gasteiger partial charge in [0.1, 0.15) is 0 Å². The van der Waals surface area contributed by atoms with Gasteiger partial charge < -0.3 is 5.73 Å². The normalized spacial score (nSPS) is 10.9. The molecule has 0 fully saturated rings. The number of pyridine rings is 1. The summed E-state index contributed by atoms with van der Waals surface area (Å²) in [6, 6.07) is 3.65. The predicted octanol–water partition coefficient (Wildman–Crippen LogP) is 0.885. The van der Waals surface area contributed by atoms with Crippen LogP contribution in [0.4, 0.5) is 5.95 Å². The molecule has 0 atom stereocenters. The Balaban J connectivity index is 2.20. The minimum atomic E-state index is 0.275. The fourth-order valence-electron chi connectivity index (χ4n) is 1.50. The smallest absolute Gasteiger partial charge is 0.258 e. The maximum atomic E-state index is 5.81. The van der Waals surface area contributed by atoms with Gasteiger partial charge in [-0.25, -0.2) is 0 Å². The van der Waals surface area contributed by atoms with Crippen LogP contribution in [0.1, 0.15) is 0 Å². The van der Waals surface area contributed by atoms with Gasteiger partial charge in [-0.2, -0.15) is 19.5 Å². The standard InChI is InChI=1S/C10H9N7S/c1-18-10-14-8(11)17-9(15-10)13-7(16-17)6-2-4-12-5-3-6/h2-5H,1H3,(H2,11,13,14,15,16). The van der Waals surface area contributed by atoms with E-state index in [2.05, 4.69) is 25.0 Å². The van der Waals surface area contributed by atoms with Crippen LogP contribution < -0.4 is 5.73 Å². The van der Waals surface area contributed by atoms with Crippen LogP contribution in [0.5, 0.6) is 0 Å². The molecule has 3 heterocycles. The molecule has 0 unspecified atom stereocenters. The zero-order valence-electron chi connectivity index (χ0n) is 9.48. The maximum Gasteiger partial charge on any atom is 0.258 e. The molecule has 0 radical (unpaired) electrons. The number of anilines is 1. The quantitative estimate of drug-likeness (QED) is 0.683. The summed E-state index contributed by atoms with van der Waals surface area (Å²) in [5.41, 5.74) is 6.67. The Bertz CT molecular complexity index is 694. The molecule has 3 aromatic heterocycles. The van der Waals surface area contributed by atoms with Crippen LogP contribution >= 0.6 is 11.8 Å². The molecule has 3 aromatic rings. The van der Waals surface area contributed by atoms with Crippen LogP contribution in [-0.2, 0) is 0 Å². The zero-order valence-corrected chi connectivity index (χ0v) is 10.3. The van der Waals surface area contributed by atoms with Gasteiger partial charge in [0, 0.05) is 18.0 Å². The Kier molecular flexibility index (Phi) is 2.56. The van der Waals surface area contributed by atoms with Crippen molar-refractivity contribution in [1.29, 1.82) is 0 Å². The Labute approximate surface area is 107 Å². The second-order valence-corrected chi connectivity index (χ2v) is 4.23. The van der Waals surface area contributed by atoms with Crippen LogP contribution in [0, 0.1) is 0 Å². The van der Waals surface area contributed by atoms with E-state index in [1.165, 1.54) is 16.3 Å². The lowest BCUT2D eigenvalue weighted by Crippen LogP contribution is -2.04. The topological polar surface area (TPSA) is 94.9 Å². The SMILES string of the molecule is CSc1nc(N)n2nc(-c3ccncc3)nc2n1. The molecule has 8 heteroatoms. The van der Waals surface area contributed by atoms with E-state index < -0.39 is 0 Å². The van der Waals surface area contributed by atoms with E-state index in [1.54, 1.807) is 12.4 Å². The van der Waals surface area contributed by atoms with Gasteiger partial charge >= 0.3 is 0 Å².